The zero-order valence-electron chi connectivity index (χ0n) is 15.5. The molecule has 0 unspecified atom stereocenters. The molecule has 0 spiro atoms. The van der Waals surface area contributed by atoms with E-state index in [0.717, 1.165) is 13.0 Å². The molecule has 0 atom stereocenters. The normalized spacial score (nSPS) is 15.8. The van der Waals surface area contributed by atoms with Gasteiger partial charge < -0.3 is 5.32 Å². The number of rotatable bonds is 2. The minimum absolute atomic E-state index is 0.0797. The van der Waals surface area contributed by atoms with E-state index < -0.39 is 0 Å². The van der Waals surface area contributed by atoms with E-state index in [2.05, 4.69) is 104 Å². The molecule has 1 heterocycles. The number of hydrogen-bond donors (Lipinski definition) is 1. The van der Waals surface area contributed by atoms with Crippen molar-refractivity contribution >= 4 is 11.1 Å². The van der Waals surface area contributed by atoms with Crippen LogP contribution in [0.25, 0.3) is 11.1 Å². The van der Waals surface area contributed by atoms with Crippen molar-refractivity contribution in [2.75, 3.05) is 6.54 Å². The minimum Gasteiger partial charge on any atom is -0.307 e. The quantitative estimate of drug-likeness (QED) is 0.643. The highest BCUT2D eigenvalue weighted by atomic mass is 15.0. The van der Waals surface area contributed by atoms with Crippen molar-refractivity contribution in [3.05, 3.63) is 107 Å². The van der Waals surface area contributed by atoms with E-state index >= 15 is 0 Å². The van der Waals surface area contributed by atoms with Gasteiger partial charge in [-0.25, -0.2) is 0 Å². The molecular formula is C25H25N. The third-order valence-electron chi connectivity index (χ3n) is 5.15. The molecule has 1 aliphatic rings. The van der Waals surface area contributed by atoms with Gasteiger partial charge in [0.15, 0.2) is 0 Å². The largest absolute Gasteiger partial charge is 0.307 e. The van der Waals surface area contributed by atoms with Crippen LogP contribution in [0.2, 0.25) is 0 Å². The van der Waals surface area contributed by atoms with E-state index in [4.69, 9.17) is 0 Å². The fourth-order valence-electron chi connectivity index (χ4n) is 3.88. The molecule has 4 rings (SSSR count). The van der Waals surface area contributed by atoms with Crippen LogP contribution in [-0.4, -0.2) is 12.1 Å². The van der Waals surface area contributed by atoms with E-state index in [0.29, 0.717) is 0 Å². The van der Waals surface area contributed by atoms with E-state index in [9.17, 15) is 0 Å². The fourth-order valence-corrected chi connectivity index (χ4v) is 3.88. The van der Waals surface area contributed by atoms with Crippen molar-refractivity contribution in [3.63, 3.8) is 0 Å². The Bertz CT molecular complexity index is 879. The van der Waals surface area contributed by atoms with E-state index in [1.54, 1.807) is 0 Å². The highest BCUT2D eigenvalue weighted by Gasteiger charge is 2.26. The van der Waals surface area contributed by atoms with E-state index in [1.165, 1.54) is 33.4 Å². The van der Waals surface area contributed by atoms with E-state index in [1.807, 2.05) is 0 Å². The van der Waals surface area contributed by atoms with Gasteiger partial charge in [-0.2, -0.15) is 0 Å². The summed E-state index contributed by atoms with van der Waals surface area (Å²) in [5, 5.41) is 3.78. The first-order valence-electron chi connectivity index (χ1n) is 9.31. The zero-order valence-corrected chi connectivity index (χ0v) is 15.5. The third-order valence-corrected chi connectivity index (χ3v) is 5.15. The number of benzene rings is 3. The predicted molar refractivity (Wildman–Crippen MR) is 111 cm³/mol. The Labute approximate surface area is 156 Å². The Morgan fingerprint density at radius 3 is 1.88 bits per heavy atom. The Hall–Kier alpha value is -2.64. The van der Waals surface area contributed by atoms with Gasteiger partial charge in [-0.15, -0.1) is 0 Å². The molecule has 0 bridgehead atoms. The maximum atomic E-state index is 3.78. The Morgan fingerprint density at radius 2 is 1.27 bits per heavy atom. The summed E-state index contributed by atoms with van der Waals surface area (Å²) in [4.78, 5) is 0. The van der Waals surface area contributed by atoms with Crippen molar-refractivity contribution in [3.8, 4) is 0 Å². The van der Waals surface area contributed by atoms with Crippen LogP contribution in [0.1, 0.15) is 36.1 Å². The van der Waals surface area contributed by atoms with Crippen molar-refractivity contribution in [1.82, 2.24) is 5.32 Å². The highest BCUT2D eigenvalue weighted by molar-refractivity contribution is 6.00. The summed E-state index contributed by atoms with van der Waals surface area (Å²) in [6.07, 6.45) is 1.03. The smallest absolute Gasteiger partial charge is 0.0223 e. The number of nitrogens with one attached hydrogen (secondary N) is 1. The number of fused-ring (bicyclic) bond motifs is 1. The second-order valence-corrected chi connectivity index (χ2v) is 7.66. The lowest BCUT2D eigenvalue weighted by atomic mass is 9.87. The summed E-state index contributed by atoms with van der Waals surface area (Å²) in [6, 6.07) is 30.4. The van der Waals surface area contributed by atoms with Crippen molar-refractivity contribution in [2.24, 2.45) is 0 Å². The minimum atomic E-state index is 0.0797. The Morgan fingerprint density at radius 1 is 0.731 bits per heavy atom. The highest BCUT2D eigenvalue weighted by Crippen LogP contribution is 2.36. The first-order valence-corrected chi connectivity index (χ1v) is 9.31. The monoisotopic (exact) mass is 339 g/mol. The van der Waals surface area contributed by atoms with Gasteiger partial charge >= 0.3 is 0 Å². The molecule has 1 aliphatic heterocycles. The van der Waals surface area contributed by atoms with Crippen LogP contribution in [0.15, 0.2) is 84.9 Å². The summed E-state index contributed by atoms with van der Waals surface area (Å²) >= 11 is 0. The van der Waals surface area contributed by atoms with Crippen LogP contribution >= 0.6 is 0 Å². The summed E-state index contributed by atoms with van der Waals surface area (Å²) in [7, 11) is 0. The average molecular weight is 339 g/mol. The van der Waals surface area contributed by atoms with Crippen LogP contribution in [0.5, 0.6) is 0 Å². The first-order chi connectivity index (χ1) is 12.6. The lowest BCUT2D eigenvalue weighted by molar-refractivity contribution is 0.413. The van der Waals surface area contributed by atoms with Gasteiger partial charge in [-0.1, -0.05) is 84.9 Å². The number of hydrogen-bond acceptors (Lipinski definition) is 1. The molecule has 0 radical (unpaired) electrons. The van der Waals surface area contributed by atoms with Gasteiger partial charge in [0, 0.05) is 12.1 Å². The molecule has 0 fully saturated rings. The molecule has 3 aromatic rings. The van der Waals surface area contributed by atoms with Gasteiger partial charge in [-0.3, -0.25) is 0 Å². The molecule has 0 amide bonds. The predicted octanol–water partition coefficient (Wildman–Crippen LogP) is 5.57. The molecule has 26 heavy (non-hydrogen) atoms. The maximum absolute atomic E-state index is 3.78. The molecular weight excluding hydrogens is 314 g/mol. The second kappa shape index (κ2) is 6.93. The lowest BCUT2D eigenvalue weighted by Gasteiger charge is -2.24. The van der Waals surface area contributed by atoms with Crippen molar-refractivity contribution < 1.29 is 0 Å². The van der Waals surface area contributed by atoms with E-state index in [-0.39, 0.29) is 5.54 Å². The Balaban J connectivity index is 2.01. The zero-order chi connectivity index (χ0) is 18.0. The standard InChI is InChI=1S/C25H25N/c1-25(2)17-21-15-9-10-16-22(21)23(18-26-25)24(19-11-5-3-6-12-19)20-13-7-4-8-14-20/h3-16,26H,17-18H2,1-2H3. The topological polar surface area (TPSA) is 12.0 Å². The summed E-state index contributed by atoms with van der Waals surface area (Å²) in [6.45, 7) is 5.44. The molecule has 1 nitrogen and oxygen atoms in total. The molecule has 130 valence electrons. The summed E-state index contributed by atoms with van der Waals surface area (Å²) in [5.41, 5.74) is 8.11. The van der Waals surface area contributed by atoms with Gasteiger partial charge in [0.1, 0.15) is 0 Å². The van der Waals surface area contributed by atoms with Crippen LogP contribution in [0.4, 0.5) is 0 Å². The van der Waals surface area contributed by atoms with Crippen molar-refractivity contribution in [1.29, 1.82) is 0 Å². The third kappa shape index (κ3) is 3.36. The second-order valence-electron chi connectivity index (χ2n) is 7.66. The van der Waals surface area contributed by atoms with Gasteiger partial charge in [0.05, 0.1) is 0 Å². The van der Waals surface area contributed by atoms with Gasteiger partial charge in [0.25, 0.3) is 0 Å². The summed E-state index contributed by atoms with van der Waals surface area (Å²) in [5.74, 6) is 0. The average Bonchev–Trinajstić information content (AvgIpc) is 2.80. The van der Waals surface area contributed by atoms with Gasteiger partial charge in [-0.05, 0) is 53.7 Å². The lowest BCUT2D eigenvalue weighted by Crippen LogP contribution is -2.40. The maximum Gasteiger partial charge on any atom is 0.0223 e. The molecule has 0 saturated carbocycles. The molecule has 3 aromatic carbocycles. The van der Waals surface area contributed by atoms with Crippen LogP contribution in [-0.2, 0) is 6.42 Å². The van der Waals surface area contributed by atoms with Crippen LogP contribution in [0, 0.1) is 0 Å². The molecule has 0 saturated heterocycles. The molecule has 1 heteroatoms. The summed E-state index contributed by atoms with van der Waals surface area (Å²) < 4.78 is 0. The SMILES string of the molecule is CC1(C)Cc2ccccc2C(=C(c2ccccc2)c2ccccc2)CN1. The molecule has 1 N–H and O–H groups in total. The fraction of sp³-hybridized carbons (Fsp3) is 0.200. The van der Waals surface area contributed by atoms with Crippen molar-refractivity contribution in [2.45, 2.75) is 25.8 Å². The first kappa shape index (κ1) is 16.8. The van der Waals surface area contributed by atoms with Crippen LogP contribution in [0.3, 0.4) is 0 Å². The Kier molecular flexibility index (Phi) is 4.48. The van der Waals surface area contributed by atoms with Gasteiger partial charge in [0.2, 0.25) is 0 Å². The molecule has 0 aliphatic carbocycles. The molecule has 0 aromatic heterocycles. The van der Waals surface area contributed by atoms with Crippen LogP contribution < -0.4 is 5.32 Å².